The van der Waals surface area contributed by atoms with Gasteiger partial charge in [0.15, 0.2) is 0 Å². The maximum Gasteiger partial charge on any atom is 0.104 e. The minimum atomic E-state index is 0.188. The van der Waals surface area contributed by atoms with Crippen LogP contribution in [0.2, 0.25) is 0 Å². The summed E-state index contributed by atoms with van der Waals surface area (Å²) in [6.45, 7) is 1.61. The molecule has 11 heavy (non-hydrogen) atoms. The van der Waals surface area contributed by atoms with Crippen molar-refractivity contribution in [3.63, 3.8) is 0 Å². The van der Waals surface area contributed by atoms with E-state index in [0.717, 1.165) is 19.6 Å². The molecular weight excluding hydrogens is 140 g/mol. The number of epoxide rings is 1. The summed E-state index contributed by atoms with van der Waals surface area (Å²) in [5, 5.41) is 0. The van der Waals surface area contributed by atoms with Gasteiger partial charge in [0.2, 0.25) is 0 Å². The Morgan fingerprint density at radius 1 is 1.36 bits per heavy atom. The first-order chi connectivity index (χ1) is 5.45. The third-order valence-electron chi connectivity index (χ3n) is 1.80. The van der Waals surface area contributed by atoms with Gasteiger partial charge in [-0.15, -0.1) is 0 Å². The first-order valence-corrected chi connectivity index (χ1v) is 4.02. The molecule has 0 aromatic rings. The highest BCUT2D eigenvalue weighted by Crippen LogP contribution is 2.12. The van der Waals surface area contributed by atoms with Gasteiger partial charge in [-0.05, 0) is 6.42 Å². The molecule has 0 saturated carbocycles. The lowest BCUT2D eigenvalue weighted by atomic mass is 10.2. The molecule has 1 fully saturated rings. The van der Waals surface area contributed by atoms with Crippen LogP contribution in [0, 0.1) is 0 Å². The van der Waals surface area contributed by atoms with Crippen molar-refractivity contribution >= 4 is 0 Å². The molecule has 2 heteroatoms. The number of hydrogen-bond donors (Lipinski definition) is 0. The number of hydrogen-bond acceptors (Lipinski definition) is 2. The fraction of sp³-hybridized carbons (Fsp3) is 0.556. The quantitative estimate of drug-likeness (QED) is 0.449. The molecule has 0 bridgehead atoms. The SMILES string of the molecule is C1=CC(OCC2CO2)C=CC1. The first-order valence-electron chi connectivity index (χ1n) is 4.02. The van der Waals surface area contributed by atoms with Crippen LogP contribution in [0.5, 0.6) is 0 Å². The minimum absolute atomic E-state index is 0.188. The van der Waals surface area contributed by atoms with Crippen molar-refractivity contribution in [2.75, 3.05) is 13.2 Å². The van der Waals surface area contributed by atoms with Crippen molar-refractivity contribution in [2.45, 2.75) is 18.6 Å². The molecular formula is C9H12O2. The zero-order valence-corrected chi connectivity index (χ0v) is 6.40. The zero-order chi connectivity index (χ0) is 7.52. The Balaban J connectivity index is 1.71. The first kappa shape index (κ1) is 7.07. The summed E-state index contributed by atoms with van der Waals surface area (Å²) in [5.74, 6) is 0. The molecule has 0 radical (unpaired) electrons. The highest BCUT2D eigenvalue weighted by molar-refractivity contribution is 5.10. The molecule has 60 valence electrons. The highest BCUT2D eigenvalue weighted by Gasteiger charge is 2.23. The Morgan fingerprint density at radius 3 is 2.73 bits per heavy atom. The lowest BCUT2D eigenvalue weighted by molar-refractivity contribution is 0.0982. The molecule has 2 aliphatic rings. The van der Waals surface area contributed by atoms with E-state index in [4.69, 9.17) is 9.47 Å². The van der Waals surface area contributed by atoms with Crippen LogP contribution in [0.3, 0.4) is 0 Å². The van der Waals surface area contributed by atoms with Gasteiger partial charge in [0.25, 0.3) is 0 Å². The van der Waals surface area contributed by atoms with Crippen molar-refractivity contribution in [2.24, 2.45) is 0 Å². The molecule has 0 aromatic carbocycles. The highest BCUT2D eigenvalue weighted by atomic mass is 16.6. The van der Waals surface area contributed by atoms with E-state index in [0.29, 0.717) is 6.10 Å². The summed E-state index contributed by atoms with van der Waals surface area (Å²) in [6.07, 6.45) is 10.0. The maximum atomic E-state index is 5.51. The predicted molar refractivity (Wildman–Crippen MR) is 42.4 cm³/mol. The third-order valence-corrected chi connectivity index (χ3v) is 1.80. The fourth-order valence-corrected chi connectivity index (χ4v) is 1.06. The third kappa shape index (κ3) is 2.17. The van der Waals surface area contributed by atoms with Crippen LogP contribution in [0.1, 0.15) is 6.42 Å². The average Bonchev–Trinajstić information content (AvgIpc) is 2.86. The van der Waals surface area contributed by atoms with Crippen LogP contribution < -0.4 is 0 Å². The molecule has 1 aliphatic carbocycles. The fourth-order valence-electron chi connectivity index (χ4n) is 1.06. The van der Waals surface area contributed by atoms with Crippen molar-refractivity contribution in [1.29, 1.82) is 0 Å². The van der Waals surface area contributed by atoms with Crippen LogP contribution in [-0.2, 0) is 9.47 Å². The van der Waals surface area contributed by atoms with Crippen molar-refractivity contribution < 1.29 is 9.47 Å². The summed E-state index contributed by atoms with van der Waals surface area (Å²) in [6, 6.07) is 0. The van der Waals surface area contributed by atoms with Gasteiger partial charge in [0, 0.05) is 0 Å². The lowest BCUT2D eigenvalue weighted by Crippen LogP contribution is -2.12. The van der Waals surface area contributed by atoms with Gasteiger partial charge in [-0.2, -0.15) is 0 Å². The number of rotatable bonds is 3. The van der Waals surface area contributed by atoms with Gasteiger partial charge in [0.05, 0.1) is 19.3 Å². The second kappa shape index (κ2) is 3.20. The van der Waals surface area contributed by atoms with Gasteiger partial charge in [-0.3, -0.25) is 0 Å². The molecule has 1 atom stereocenters. The van der Waals surface area contributed by atoms with E-state index < -0.39 is 0 Å². The molecule has 1 saturated heterocycles. The topological polar surface area (TPSA) is 21.8 Å². The normalized spacial score (nSPS) is 29.3. The van der Waals surface area contributed by atoms with E-state index >= 15 is 0 Å². The van der Waals surface area contributed by atoms with E-state index in [-0.39, 0.29) is 6.10 Å². The lowest BCUT2D eigenvalue weighted by Gasteiger charge is -2.10. The second-order valence-electron chi connectivity index (χ2n) is 2.85. The molecule has 2 nitrogen and oxygen atoms in total. The summed E-state index contributed by atoms with van der Waals surface area (Å²) in [4.78, 5) is 0. The minimum Gasteiger partial charge on any atom is -0.371 e. The molecule has 1 aliphatic heterocycles. The van der Waals surface area contributed by atoms with Crippen LogP contribution in [-0.4, -0.2) is 25.4 Å². The monoisotopic (exact) mass is 152 g/mol. The van der Waals surface area contributed by atoms with Crippen LogP contribution in [0.25, 0.3) is 0 Å². The smallest absolute Gasteiger partial charge is 0.104 e. The van der Waals surface area contributed by atoms with Gasteiger partial charge < -0.3 is 9.47 Å². The number of allylic oxidation sites excluding steroid dienone is 2. The van der Waals surface area contributed by atoms with E-state index in [2.05, 4.69) is 24.3 Å². The Labute approximate surface area is 66.5 Å². The van der Waals surface area contributed by atoms with Gasteiger partial charge >= 0.3 is 0 Å². The standard InChI is InChI=1S/C9H12O2/c1-2-4-8(5-3-1)10-6-9-7-11-9/h2-5,8-9H,1,6-7H2. The molecule has 0 spiro atoms. The summed E-state index contributed by atoms with van der Waals surface area (Å²) >= 11 is 0. The summed E-state index contributed by atoms with van der Waals surface area (Å²) < 4.78 is 10.5. The van der Waals surface area contributed by atoms with E-state index in [1.807, 2.05) is 0 Å². The number of ether oxygens (including phenoxy) is 2. The van der Waals surface area contributed by atoms with Gasteiger partial charge in [-0.25, -0.2) is 0 Å². The Hall–Kier alpha value is -0.600. The Bertz CT molecular complexity index is 168. The largest absolute Gasteiger partial charge is 0.371 e. The molecule has 0 aromatic heterocycles. The summed E-state index contributed by atoms with van der Waals surface area (Å²) in [5.41, 5.74) is 0. The van der Waals surface area contributed by atoms with Crippen LogP contribution >= 0.6 is 0 Å². The van der Waals surface area contributed by atoms with Crippen molar-refractivity contribution in [3.05, 3.63) is 24.3 Å². The van der Waals surface area contributed by atoms with Crippen molar-refractivity contribution in [1.82, 2.24) is 0 Å². The Kier molecular flexibility index (Phi) is 2.06. The Morgan fingerprint density at radius 2 is 2.09 bits per heavy atom. The maximum absolute atomic E-state index is 5.51. The van der Waals surface area contributed by atoms with E-state index in [1.54, 1.807) is 0 Å². The molecule has 2 rings (SSSR count). The molecule has 0 N–H and O–H groups in total. The van der Waals surface area contributed by atoms with Gasteiger partial charge in [-0.1, -0.05) is 24.3 Å². The molecule has 0 amide bonds. The van der Waals surface area contributed by atoms with Crippen LogP contribution in [0.4, 0.5) is 0 Å². The van der Waals surface area contributed by atoms with Gasteiger partial charge in [0.1, 0.15) is 6.10 Å². The molecule has 1 unspecified atom stereocenters. The summed E-state index contributed by atoms with van der Waals surface area (Å²) in [7, 11) is 0. The molecule has 1 heterocycles. The predicted octanol–water partition coefficient (Wildman–Crippen LogP) is 1.29. The van der Waals surface area contributed by atoms with E-state index in [1.165, 1.54) is 0 Å². The van der Waals surface area contributed by atoms with Crippen molar-refractivity contribution in [3.8, 4) is 0 Å². The zero-order valence-electron chi connectivity index (χ0n) is 6.40. The van der Waals surface area contributed by atoms with E-state index in [9.17, 15) is 0 Å². The average molecular weight is 152 g/mol. The second-order valence-corrected chi connectivity index (χ2v) is 2.85. The van der Waals surface area contributed by atoms with Crippen LogP contribution in [0.15, 0.2) is 24.3 Å².